The molecule has 6 heteroatoms. The number of rotatable bonds is 5. The fourth-order valence-corrected chi connectivity index (χ4v) is 2.72. The van der Waals surface area contributed by atoms with Crippen molar-refractivity contribution in [2.45, 2.75) is 51.6 Å². The number of nitrogens with zero attached hydrogens (tertiary/aromatic N) is 2. The van der Waals surface area contributed by atoms with Crippen LogP contribution in [0.25, 0.3) is 0 Å². The zero-order chi connectivity index (χ0) is 15.1. The van der Waals surface area contributed by atoms with Gasteiger partial charge in [0.05, 0.1) is 6.42 Å². The molecular formula is C14H27N3O3. The highest BCUT2D eigenvalue weighted by atomic mass is 16.4. The van der Waals surface area contributed by atoms with Crippen molar-refractivity contribution in [3.8, 4) is 0 Å². The van der Waals surface area contributed by atoms with E-state index in [2.05, 4.69) is 17.3 Å². The summed E-state index contributed by atoms with van der Waals surface area (Å²) in [4.78, 5) is 27.2. The van der Waals surface area contributed by atoms with Crippen molar-refractivity contribution in [1.29, 1.82) is 0 Å². The van der Waals surface area contributed by atoms with Gasteiger partial charge in [0.15, 0.2) is 0 Å². The van der Waals surface area contributed by atoms with Crippen molar-refractivity contribution >= 4 is 12.0 Å². The Morgan fingerprint density at radius 2 is 2.10 bits per heavy atom. The van der Waals surface area contributed by atoms with Gasteiger partial charge in [-0.15, -0.1) is 0 Å². The number of carboxylic acids is 1. The number of nitrogens with one attached hydrogen (secondary N) is 1. The molecule has 1 saturated heterocycles. The Labute approximate surface area is 121 Å². The Morgan fingerprint density at radius 3 is 2.70 bits per heavy atom. The maximum absolute atomic E-state index is 12.3. The van der Waals surface area contributed by atoms with Crippen molar-refractivity contribution in [3.05, 3.63) is 0 Å². The predicted molar refractivity (Wildman–Crippen MR) is 77.8 cm³/mol. The number of hydrogen-bond donors (Lipinski definition) is 2. The number of carboxylic acid groups (broad SMARTS) is 1. The molecule has 0 saturated carbocycles. The quantitative estimate of drug-likeness (QED) is 0.800. The van der Waals surface area contributed by atoms with Crippen LogP contribution in [0.2, 0.25) is 0 Å². The molecule has 0 aromatic rings. The molecule has 1 heterocycles. The molecule has 0 aromatic carbocycles. The zero-order valence-electron chi connectivity index (χ0n) is 12.8. The second-order valence-corrected chi connectivity index (χ2v) is 5.69. The van der Waals surface area contributed by atoms with E-state index in [1.165, 1.54) is 0 Å². The Balaban J connectivity index is 2.59. The van der Waals surface area contributed by atoms with E-state index in [1.54, 1.807) is 0 Å². The molecule has 1 fully saturated rings. The predicted octanol–water partition coefficient (Wildman–Crippen LogP) is 1.37. The molecule has 0 aliphatic carbocycles. The summed E-state index contributed by atoms with van der Waals surface area (Å²) in [6.45, 7) is 6.59. The lowest BCUT2D eigenvalue weighted by Crippen LogP contribution is -2.50. The summed E-state index contributed by atoms with van der Waals surface area (Å²) in [5, 5.41) is 11.8. The van der Waals surface area contributed by atoms with E-state index in [0.717, 1.165) is 32.5 Å². The van der Waals surface area contributed by atoms with Gasteiger partial charge in [0, 0.05) is 25.2 Å². The summed E-state index contributed by atoms with van der Waals surface area (Å²) in [5.41, 5.74) is 0. The molecule has 20 heavy (non-hydrogen) atoms. The molecule has 116 valence electrons. The molecular weight excluding hydrogens is 258 g/mol. The lowest BCUT2D eigenvalue weighted by atomic mass is 10.1. The van der Waals surface area contributed by atoms with Gasteiger partial charge in [0.1, 0.15) is 0 Å². The van der Waals surface area contributed by atoms with Crippen LogP contribution >= 0.6 is 0 Å². The minimum atomic E-state index is -0.868. The highest BCUT2D eigenvalue weighted by Gasteiger charge is 2.26. The molecule has 0 bridgehead atoms. The first-order chi connectivity index (χ1) is 9.43. The van der Waals surface area contributed by atoms with Crippen LogP contribution in [-0.2, 0) is 4.79 Å². The Kier molecular flexibility index (Phi) is 6.78. The van der Waals surface area contributed by atoms with Gasteiger partial charge in [-0.3, -0.25) is 4.79 Å². The van der Waals surface area contributed by atoms with Gasteiger partial charge in [-0.2, -0.15) is 0 Å². The maximum atomic E-state index is 12.3. The average molecular weight is 285 g/mol. The van der Waals surface area contributed by atoms with Crippen LogP contribution in [0.1, 0.15) is 39.5 Å². The van der Waals surface area contributed by atoms with Gasteiger partial charge < -0.3 is 20.2 Å². The number of urea groups is 1. The van der Waals surface area contributed by atoms with Crippen molar-refractivity contribution in [2.75, 3.05) is 26.7 Å². The van der Waals surface area contributed by atoms with Crippen LogP contribution in [-0.4, -0.2) is 65.7 Å². The van der Waals surface area contributed by atoms with E-state index in [4.69, 9.17) is 5.11 Å². The van der Waals surface area contributed by atoms with Crippen LogP contribution in [0.4, 0.5) is 4.79 Å². The largest absolute Gasteiger partial charge is 0.481 e. The van der Waals surface area contributed by atoms with E-state index in [1.807, 2.05) is 18.7 Å². The highest BCUT2D eigenvalue weighted by molar-refractivity contribution is 5.76. The van der Waals surface area contributed by atoms with E-state index in [9.17, 15) is 9.59 Å². The normalized spacial score (nSPS) is 22.1. The molecule has 2 amide bonds. The van der Waals surface area contributed by atoms with Crippen LogP contribution in [0.15, 0.2) is 0 Å². The number of likely N-dealkylation sites (N-methyl/N-ethyl adjacent to an activating group) is 1. The van der Waals surface area contributed by atoms with E-state index < -0.39 is 5.97 Å². The summed E-state index contributed by atoms with van der Waals surface area (Å²) in [6.07, 6.45) is 2.49. The minimum Gasteiger partial charge on any atom is -0.481 e. The summed E-state index contributed by atoms with van der Waals surface area (Å²) in [5.74, 6) is -0.868. The molecule has 6 nitrogen and oxygen atoms in total. The molecule has 1 rings (SSSR count). The standard InChI is InChI=1S/C14H27N3O3/c1-4-6-12(9-13(18)19)15-14(20)17-8-5-7-16(3)10-11(17)2/h11-12H,4-10H2,1-3H3,(H,15,20)(H,18,19). The van der Waals surface area contributed by atoms with Gasteiger partial charge in [0.25, 0.3) is 0 Å². The Hall–Kier alpha value is -1.30. The molecule has 2 N–H and O–H groups in total. The van der Waals surface area contributed by atoms with Crippen LogP contribution in [0.3, 0.4) is 0 Å². The second-order valence-electron chi connectivity index (χ2n) is 5.69. The fourth-order valence-electron chi connectivity index (χ4n) is 2.72. The first kappa shape index (κ1) is 16.8. The van der Waals surface area contributed by atoms with Gasteiger partial charge in [0.2, 0.25) is 0 Å². The lowest BCUT2D eigenvalue weighted by Gasteiger charge is -2.30. The Bertz CT molecular complexity index is 336. The molecule has 0 spiro atoms. The summed E-state index contributed by atoms with van der Waals surface area (Å²) in [7, 11) is 2.06. The molecule has 2 unspecified atom stereocenters. The van der Waals surface area contributed by atoms with E-state index in [-0.39, 0.29) is 24.5 Å². The third kappa shape index (κ3) is 5.36. The highest BCUT2D eigenvalue weighted by Crippen LogP contribution is 2.10. The van der Waals surface area contributed by atoms with Crippen molar-refractivity contribution in [1.82, 2.24) is 15.1 Å². The van der Waals surface area contributed by atoms with Crippen molar-refractivity contribution in [3.63, 3.8) is 0 Å². The van der Waals surface area contributed by atoms with Gasteiger partial charge >= 0.3 is 12.0 Å². The van der Waals surface area contributed by atoms with Gasteiger partial charge in [-0.25, -0.2) is 4.79 Å². The second kappa shape index (κ2) is 8.09. The summed E-state index contributed by atoms with van der Waals surface area (Å²) in [6, 6.07) is -0.264. The van der Waals surface area contributed by atoms with Crippen LogP contribution in [0.5, 0.6) is 0 Å². The number of amides is 2. The fraction of sp³-hybridized carbons (Fsp3) is 0.857. The van der Waals surface area contributed by atoms with E-state index >= 15 is 0 Å². The van der Waals surface area contributed by atoms with Crippen LogP contribution in [0, 0.1) is 0 Å². The van der Waals surface area contributed by atoms with Crippen LogP contribution < -0.4 is 5.32 Å². The Morgan fingerprint density at radius 1 is 1.40 bits per heavy atom. The first-order valence-electron chi connectivity index (χ1n) is 7.41. The topological polar surface area (TPSA) is 72.9 Å². The monoisotopic (exact) mass is 285 g/mol. The zero-order valence-corrected chi connectivity index (χ0v) is 12.8. The van der Waals surface area contributed by atoms with Crippen molar-refractivity contribution in [2.24, 2.45) is 0 Å². The summed E-state index contributed by atoms with van der Waals surface area (Å²) >= 11 is 0. The third-order valence-corrected chi connectivity index (χ3v) is 3.69. The molecule has 1 aliphatic rings. The minimum absolute atomic E-state index is 0.0122. The summed E-state index contributed by atoms with van der Waals surface area (Å²) < 4.78 is 0. The van der Waals surface area contributed by atoms with Gasteiger partial charge in [-0.1, -0.05) is 13.3 Å². The smallest absolute Gasteiger partial charge is 0.317 e. The van der Waals surface area contributed by atoms with Crippen molar-refractivity contribution < 1.29 is 14.7 Å². The third-order valence-electron chi connectivity index (χ3n) is 3.69. The first-order valence-corrected chi connectivity index (χ1v) is 7.41. The SMILES string of the molecule is CCCC(CC(=O)O)NC(=O)N1CCCN(C)CC1C. The van der Waals surface area contributed by atoms with E-state index in [0.29, 0.717) is 6.42 Å². The van der Waals surface area contributed by atoms with Gasteiger partial charge in [-0.05, 0) is 33.4 Å². The number of carbonyl (C=O) groups is 2. The number of hydrogen-bond acceptors (Lipinski definition) is 3. The molecule has 0 radical (unpaired) electrons. The average Bonchev–Trinajstić information content (AvgIpc) is 2.49. The molecule has 0 aromatic heterocycles. The number of carbonyl (C=O) groups excluding carboxylic acids is 1. The maximum Gasteiger partial charge on any atom is 0.317 e. The lowest BCUT2D eigenvalue weighted by molar-refractivity contribution is -0.137. The molecule has 2 atom stereocenters. The number of aliphatic carboxylic acids is 1. The molecule has 1 aliphatic heterocycles.